The molecular formula is C17H20O2. The first kappa shape index (κ1) is 13.8. The van der Waals surface area contributed by atoms with Crippen LogP contribution in [0.4, 0.5) is 0 Å². The van der Waals surface area contributed by atoms with E-state index in [1.807, 2.05) is 81.4 Å². The summed E-state index contributed by atoms with van der Waals surface area (Å²) in [7, 11) is 0. The van der Waals surface area contributed by atoms with E-state index in [1.165, 1.54) is 0 Å². The van der Waals surface area contributed by atoms with Crippen LogP contribution in [0.25, 0.3) is 0 Å². The smallest absolute Gasteiger partial charge is 0.143 e. The van der Waals surface area contributed by atoms with Crippen LogP contribution in [0.15, 0.2) is 60.7 Å². The molecule has 0 N–H and O–H groups in total. The minimum atomic E-state index is -0.332. The van der Waals surface area contributed by atoms with Gasteiger partial charge in [0.25, 0.3) is 0 Å². The standard InChI is InChI=1S/C17H20O2/c1-17(2,3)19-18-16(14-10-6-4-7-11-14)15-12-8-5-9-13-15/h4-13,16H,1-3H3. The average Bonchev–Trinajstić information content (AvgIpc) is 2.40. The van der Waals surface area contributed by atoms with Gasteiger partial charge < -0.3 is 0 Å². The Bertz CT molecular complexity index is 446. The van der Waals surface area contributed by atoms with E-state index in [9.17, 15) is 0 Å². The summed E-state index contributed by atoms with van der Waals surface area (Å²) in [6.07, 6.45) is -0.207. The van der Waals surface area contributed by atoms with Gasteiger partial charge in [0.1, 0.15) is 6.10 Å². The Balaban J connectivity index is 2.24. The molecule has 0 spiro atoms. The van der Waals surface area contributed by atoms with Gasteiger partial charge in [-0.3, -0.25) is 0 Å². The predicted octanol–water partition coefficient (Wildman–Crippen LogP) is 4.52. The fourth-order valence-corrected chi connectivity index (χ4v) is 1.75. The van der Waals surface area contributed by atoms with Crippen molar-refractivity contribution in [2.24, 2.45) is 0 Å². The van der Waals surface area contributed by atoms with E-state index >= 15 is 0 Å². The summed E-state index contributed by atoms with van der Waals surface area (Å²) in [4.78, 5) is 11.2. The van der Waals surface area contributed by atoms with Crippen molar-refractivity contribution in [3.63, 3.8) is 0 Å². The minimum Gasteiger partial charge on any atom is -0.230 e. The normalized spacial score (nSPS) is 11.8. The van der Waals surface area contributed by atoms with Gasteiger partial charge in [-0.1, -0.05) is 60.7 Å². The molecule has 0 heterocycles. The highest BCUT2D eigenvalue weighted by molar-refractivity contribution is 5.29. The summed E-state index contributed by atoms with van der Waals surface area (Å²) < 4.78 is 0. The predicted molar refractivity (Wildman–Crippen MR) is 76.7 cm³/mol. The highest BCUT2D eigenvalue weighted by atomic mass is 17.2. The molecule has 0 saturated carbocycles. The average molecular weight is 256 g/mol. The first-order chi connectivity index (χ1) is 9.06. The van der Waals surface area contributed by atoms with Gasteiger partial charge in [-0.05, 0) is 31.9 Å². The van der Waals surface area contributed by atoms with E-state index in [2.05, 4.69) is 0 Å². The fourth-order valence-electron chi connectivity index (χ4n) is 1.75. The molecule has 2 nitrogen and oxygen atoms in total. The molecule has 0 amide bonds. The second-order valence-electron chi connectivity index (χ2n) is 5.49. The maximum atomic E-state index is 5.68. The van der Waals surface area contributed by atoms with Gasteiger partial charge in [-0.25, -0.2) is 9.78 Å². The number of benzene rings is 2. The maximum Gasteiger partial charge on any atom is 0.143 e. The molecule has 0 aliphatic rings. The molecule has 0 aromatic heterocycles. The van der Waals surface area contributed by atoms with Gasteiger partial charge >= 0.3 is 0 Å². The summed E-state index contributed by atoms with van der Waals surface area (Å²) >= 11 is 0. The first-order valence-electron chi connectivity index (χ1n) is 6.51. The van der Waals surface area contributed by atoms with Crippen molar-refractivity contribution in [2.75, 3.05) is 0 Å². The molecule has 0 saturated heterocycles. The Hall–Kier alpha value is -1.64. The van der Waals surface area contributed by atoms with Crippen LogP contribution in [-0.4, -0.2) is 5.60 Å². The molecule has 2 aromatic carbocycles. The lowest BCUT2D eigenvalue weighted by Gasteiger charge is -2.23. The first-order valence-corrected chi connectivity index (χ1v) is 6.51. The third kappa shape index (κ3) is 4.19. The van der Waals surface area contributed by atoms with Crippen LogP contribution >= 0.6 is 0 Å². The highest BCUT2D eigenvalue weighted by Gasteiger charge is 2.20. The lowest BCUT2D eigenvalue weighted by Crippen LogP contribution is -2.21. The van der Waals surface area contributed by atoms with Crippen LogP contribution in [0.1, 0.15) is 38.0 Å². The van der Waals surface area contributed by atoms with Gasteiger partial charge in [0.05, 0.1) is 5.60 Å². The Morgan fingerprint density at radius 3 is 1.53 bits per heavy atom. The lowest BCUT2D eigenvalue weighted by molar-refractivity contribution is -0.368. The molecule has 0 atom stereocenters. The Morgan fingerprint density at radius 2 is 1.16 bits per heavy atom. The molecule has 2 heteroatoms. The molecule has 19 heavy (non-hydrogen) atoms. The summed E-state index contributed by atoms with van der Waals surface area (Å²) in [5.41, 5.74) is 1.83. The molecule has 0 unspecified atom stereocenters. The van der Waals surface area contributed by atoms with E-state index in [4.69, 9.17) is 9.78 Å². The molecule has 0 radical (unpaired) electrons. The Morgan fingerprint density at radius 1 is 0.737 bits per heavy atom. The monoisotopic (exact) mass is 256 g/mol. The zero-order chi connectivity index (χ0) is 13.7. The van der Waals surface area contributed by atoms with Crippen molar-refractivity contribution < 1.29 is 9.78 Å². The Kier molecular flexibility index (Phi) is 4.35. The summed E-state index contributed by atoms with van der Waals surface area (Å²) in [5.74, 6) is 0. The number of hydrogen-bond donors (Lipinski definition) is 0. The van der Waals surface area contributed by atoms with Crippen LogP contribution in [0.5, 0.6) is 0 Å². The molecule has 0 fully saturated rings. The molecule has 2 aromatic rings. The molecular weight excluding hydrogens is 236 g/mol. The largest absolute Gasteiger partial charge is 0.230 e. The third-order valence-electron chi connectivity index (χ3n) is 2.60. The Labute approximate surface area is 114 Å². The highest BCUT2D eigenvalue weighted by Crippen LogP contribution is 2.27. The zero-order valence-electron chi connectivity index (χ0n) is 11.7. The summed E-state index contributed by atoms with van der Waals surface area (Å²) in [6.45, 7) is 5.92. The van der Waals surface area contributed by atoms with Crippen LogP contribution in [0.2, 0.25) is 0 Å². The minimum absolute atomic E-state index is 0.207. The zero-order valence-corrected chi connectivity index (χ0v) is 11.7. The van der Waals surface area contributed by atoms with Crippen LogP contribution in [0, 0.1) is 0 Å². The van der Waals surface area contributed by atoms with Gasteiger partial charge in [-0.2, -0.15) is 0 Å². The van der Waals surface area contributed by atoms with E-state index in [-0.39, 0.29) is 11.7 Å². The van der Waals surface area contributed by atoms with Gasteiger partial charge in [0.15, 0.2) is 0 Å². The molecule has 0 aliphatic carbocycles. The van der Waals surface area contributed by atoms with Crippen molar-refractivity contribution in [1.82, 2.24) is 0 Å². The van der Waals surface area contributed by atoms with Crippen molar-refractivity contribution >= 4 is 0 Å². The van der Waals surface area contributed by atoms with Crippen molar-refractivity contribution in [3.8, 4) is 0 Å². The van der Waals surface area contributed by atoms with Crippen LogP contribution in [0.3, 0.4) is 0 Å². The second kappa shape index (κ2) is 6.00. The van der Waals surface area contributed by atoms with E-state index in [1.54, 1.807) is 0 Å². The van der Waals surface area contributed by atoms with E-state index < -0.39 is 0 Å². The second-order valence-corrected chi connectivity index (χ2v) is 5.49. The topological polar surface area (TPSA) is 18.5 Å². The van der Waals surface area contributed by atoms with Crippen molar-refractivity contribution in [1.29, 1.82) is 0 Å². The van der Waals surface area contributed by atoms with Crippen LogP contribution < -0.4 is 0 Å². The van der Waals surface area contributed by atoms with Gasteiger partial charge in [0, 0.05) is 0 Å². The molecule has 0 bridgehead atoms. The molecule has 0 aliphatic heterocycles. The molecule has 100 valence electrons. The SMILES string of the molecule is CC(C)(C)OOC(c1ccccc1)c1ccccc1. The summed E-state index contributed by atoms with van der Waals surface area (Å²) in [5, 5.41) is 0. The van der Waals surface area contributed by atoms with Crippen molar-refractivity contribution in [3.05, 3.63) is 71.8 Å². The van der Waals surface area contributed by atoms with E-state index in [0.29, 0.717) is 0 Å². The van der Waals surface area contributed by atoms with Crippen molar-refractivity contribution in [2.45, 2.75) is 32.5 Å². The lowest BCUT2D eigenvalue weighted by atomic mass is 10.0. The molecule has 2 rings (SSSR count). The summed E-state index contributed by atoms with van der Waals surface area (Å²) in [6, 6.07) is 20.2. The number of hydrogen-bond acceptors (Lipinski definition) is 2. The van der Waals surface area contributed by atoms with E-state index in [0.717, 1.165) is 11.1 Å². The quantitative estimate of drug-likeness (QED) is 0.591. The van der Waals surface area contributed by atoms with Gasteiger partial charge in [-0.15, -0.1) is 0 Å². The number of rotatable bonds is 4. The third-order valence-corrected chi connectivity index (χ3v) is 2.60. The van der Waals surface area contributed by atoms with Crippen LogP contribution in [-0.2, 0) is 9.78 Å². The maximum absolute atomic E-state index is 5.68. The van der Waals surface area contributed by atoms with Gasteiger partial charge in [0.2, 0.25) is 0 Å². The fraction of sp³-hybridized carbons (Fsp3) is 0.294.